The van der Waals surface area contributed by atoms with Crippen LogP contribution in [0.2, 0.25) is 0 Å². The molecule has 3 amide bonds. The number of imide groups is 1. The van der Waals surface area contributed by atoms with E-state index in [9.17, 15) is 14.4 Å². The highest BCUT2D eigenvalue weighted by Gasteiger charge is 2.58. The second kappa shape index (κ2) is 5.75. The van der Waals surface area contributed by atoms with E-state index in [1.54, 1.807) is 0 Å². The maximum Gasteiger partial charge on any atom is 0.233 e. The summed E-state index contributed by atoms with van der Waals surface area (Å²) in [6, 6.07) is 1.82. The Morgan fingerprint density at radius 2 is 1.68 bits per heavy atom. The minimum Gasteiger partial charge on any atom is -0.294 e. The van der Waals surface area contributed by atoms with Gasteiger partial charge in [-0.05, 0) is 38.2 Å². The molecule has 2 bridgehead atoms. The first kappa shape index (κ1) is 15.9. The van der Waals surface area contributed by atoms with E-state index in [0.717, 1.165) is 17.8 Å². The van der Waals surface area contributed by atoms with Gasteiger partial charge in [0.05, 0.1) is 11.8 Å². The highest BCUT2D eigenvalue weighted by atomic mass is 16.2. The summed E-state index contributed by atoms with van der Waals surface area (Å²) in [5, 5.41) is 2.63. The molecule has 1 aliphatic heterocycles. The number of hydrogen-bond acceptors (Lipinski definition) is 5. The Balaban J connectivity index is 1.38. The summed E-state index contributed by atoms with van der Waals surface area (Å²) in [6.07, 6.45) is 5.08. The van der Waals surface area contributed by atoms with Crippen LogP contribution < -0.4 is 5.32 Å². The minimum atomic E-state index is -0.302. The first-order chi connectivity index (χ1) is 11.9. The van der Waals surface area contributed by atoms with Crippen LogP contribution in [0, 0.1) is 37.5 Å². The summed E-state index contributed by atoms with van der Waals surface area (Å²) in [4.78, 5) is 46.9. The molecule has 1 saturated carbocycles. The van der Waals surface area contributed by atoms with Crippen LogP contribution in [0.1, 0.15) is 24.2 Å². The summed E-state index contributed by atoms with van der Waals surface area (Å²) < 4.78 is 0. The van der Waals surface area contributed by atoms with Gasteiger partial charge in [0.2, 0.25) is 23.7 Å². The van der Waals surface area contributed by atoms with Crippen LogP contribution in [-0.4, -0.2) is 39.1 Å². The maximum absolute atomic E-state index is 12.6. The lowest BCUT2D eigenvalue weighted by Gasteiger charge is -2.16. The van der Waals surface area contributed by atoms with Crippen molar-refractivity contribution in [2.75, 3.05) is 11.9 Å². The Morgan fingerprint density at radius 1 is 1.12 bits per heavy atom. The number of hydrogen-bond donors (Lipinski definition) is 1. The van der Waals surface area contributed by atoms with Crippen molar-refractivity contribution in [3.63, 3.8) is 0 Å². The van der Waals surface area contributed by atoms with Crippen LogP contribution in [0.15, 0.2) is 18.2 Å². The summed E-state index contributed by atoms with van der Waals surface area (Å²) >= 11 is 0. The number of allylic oxidation sites excluding steroid dienone is 2. The van der Waals surface area contributed by atoms with Crippen molar-refractivity contribution in [3.05, 3.63) is 29.6 Å². The van der Waals surface area contributed by atoms with Gasteiger partial charge < -0.3 is 0 Å². The number of aromatic nitrogens is 2. The molecule has 0 aromatic carbocycles. The fourth-order valence-corrected chi connectivity index (χ4v) is 4.37. The minimum absolute atomic E-state index is 0.0516. The average molecular weight is 340 g/mol. The second-order valence-corrected chi connectivity index (χ2v) is 7.10. The summed E-state index contributed by atoms with van der Waals surface area (Å²) in [5.74, 6) is -0.349. The number of aryl methyl sites for hydroxylation is 2. The topological polar surface area (TPSA) is 92.3 Å². The Morgan fingerprint density at radius 3 is 2.24 bits per heavy atom. The fraction of sp³-hybridized carbons (Fsp3) is 0.500. The van der Waals surface area contributed by atoms with Gasteiger partial charge in [-0.1, -0.05) is 12.2 Å². The molecule has 0 radical (unpaired) electrons. The van der Waals surface area contributed by atoms with Gasteiger partial charge in [-0.25, -0.2) is 9.97 Å². The standard InChI is InChI=1S/C18H20N4O3/c1-9-7-10(2)20-18(19-9)21-13(23)5-6-22-16(24)14-11-3-4-12(8-11)15(14)17(22)25/h3-4,7,11-12,14-15H,5-6,8H2,1-2H3,(H,19,20,21,23)/t11-,12-,14+,15+/m0/s1. The molecule has 1 aromatic heterocycles. The summed E-state index contributed by atoms with van der Waals surface area (Å²) in [6.45, 7) is 3.76. The Hall–Kier alpha value is -2.57. The number of rotatable bonds is 4. The summed E-state index contributed by atoms with van der Waals surface area (Å²) in [5.41, 5.74) is 1.53. The molecule has 7 nitrogen and oxygen atoms in total. The lowest BCUT2D eigenvalue weighted by Crippen LogP contribution is -2.35. The number of anilines is 1. The third-order valence-corrected chi connectivity index (χ3v) is 5.36. The monoisotopic (exact) mass is 340 g/mol. The third-order valence-electron chi connectivity index (χ3n) is 5.36. The molecule has 1 saturated heterocycles. The molecule has 2 fully saturated rings. The van der Waals surface area contributed by atoms with E-state index in [2.05, 4.69) is 27.4 Å². The molecule has 1 N–H and O–H groups in total. The van der Waals surface area contributed by atoms with E-state index in [1.807, 2.05) is 19.9 Å². The van der Waals surface area contributed by atoms with E-state index < -0.39 is 0 Å². The van der Waals surface area contributed by atoms with Crippen LogP contribution in [0.3, 0.4) is 0 Å². The molecule has 25 heavy (non-hydrogen) atoms. The Labute approximate surface area is 145 Å². The van der Waals surface area contributed by atoms with E-state index in [1.165, 1.54) is 4.90 Å². The number of nitrogens with one attached hydrogen (secondary N) is 1. The van der Waals surface area contributed by atoms with Crippen molar-refractivity contribution >= 4 is 23.7 Å². The van der Waals surface area contributed by atoms with E-state index in [0.29, 0.717) is 0 Å². The number of carbonyl (C=O) groups excluding carboxylic acids is 3. The highest BCUT2D eigenvalue weighted by molar-refractivity contribution is 6.06. The third kappa shape index (κ3) is 2.63. The SMILES string of the molecule is Cc1cc(C)nc(NC(=O)CCN2C(=O)[C@H]3[C@H](C2=O)[C@H]2C=C[C@H]3C2)n1. The number of amides is 3. The van der Waals surface area contributed by atoms with Crippen molar-refractivity contribution in [1.29, 1.82) is 0 Å². The van der Waals surface area contributed by atoms with Crippen LogP contribution in [0.4, 0.5) is 5.95 Å². The quantitative estimate of drug-likeness (QED) is 0.657. The Bertz CT molecular complexity index is 753. The molecule has 4 rings (SSSR count). The molecule has 4 atom stereocenters. The average Bonchev–Trinajstić information content (AvgIpc) is 3.19. The number of likely N-dealkylation sites (tertiary alicyclic amines) is 1. The van der Waals surface area contributed by atoms with E-state index in [4.69, 9.17) is 0 Å². The van der Waals surface area contributed by atoms with Crippen LogP contribution >= 0.6 is 0 Å². The van der Waals surface area contributed by atoms with Crippen LogP contribution in [-0.2, 0) is 14.4 Å². The van der Waals surface area contributed by atoms with Gasteiger partial charge in [0, 0.05) is 24.4 Å². The van der Waals surface area contributed by atoms with Crippen molar-refractivity contribution in [2.24, 2.45) is 23.7 Å². The van der Waals surface area contributed by atoms with Gasteiger partial charge in [-0.3, -0.25) is 24.6 Å². The molecule has 2 aliphatic carbocycles. The maximum atomic E-state index is 12.6. The largest absolute Gasteiger partial charge is 0.294 e. The molecule has 1 aromatic rings. The molecule has 0 unspecified atom stereocenters. The van der Waals surface area contributed by atoms with Gasteiger partial charge in [0.15, 0.2) is 0 Å². The second-order valence-electron chi connectivity index (χ2n) is 7.10. The fourth-order valence-electron chi connectivity index (χ4n) is 4.37. The van der Waals surface area contributed by atoms with Gasteiger partial charge >= 0.3 is 0 Å². The molecular formula is C18H20N4O3. The van der Waals surface area contributed by atoms with E-state index in [-0.39, 0.29) is 60.3 Å². The predicted molar refractivity (Wildman–Crippen MR) is 89.2 cm³/mol. The van der Waals surface area contributed by atoms with Crippen molar-refractivity contribution in [3.8, 4) is 0 Å². The molecule has 3 aliphatic rings. The molecule has 7 heteroatoms. The van der Waals surface area contributed by atoms with Gasteiger partial charge in [-0.2, -0.15) is 0 Å². The molecule has 130 valence electrons. The zero-order chi connectivity index (χ0) is 17.7. The first-order valence-electron chi connectivity index (χ1n) is 8.59. The van der Waals surface area contributed by atoms with Crippen LogP contribution in [0.5, 0.6) is 0 Å². The first-order valence-corrected chi connectivity index (χ1v) is 8.59. The van der Waals surface area contributed by atoms with Gasteiger partial charge in [0.1, 0.15) is 0 Å². The summed E-state index contributed by atoms with van der Waals surface area (Å²) in [7, 11) is 0. The van der Waals surface area contributed by atoms with E-state index >= 15 is 0 Å². The molecule has 2 heterocycles. The van der Waals surface area contributed by atoms with Gasteiger partial charge in [0.25, 0.3) is 0 Å². The van der Waals surface area contributed by atoms with Crippen molar-refractivity contribution < 1.29 is 14.4 Å². The number of fused-ring (bicyclic) bond motifs is 5. The Kier molecular flexibility index (Phi) is 3.67. The van der Waals surface area contributed by atoms with Crippen LogP contribution in [0.25, 0.3) is 0 Å². The number of carbonyl (C=O) groups is 3. The smallest absolute Gasteiger partial charge is 0.233 e. The normalized spacial score (nSPS) is 29.4. The molecular weight excluding hydrogens is 320 g/mol. The predicted octanol–water partition coefficient (Wildman–Crippen LogP) is 1.23. The zero-order valence-corrected chi connectivity index (χ0v) is 14.2. The lowest BCUT2D eigenvalue weighted by atomic mass is 9.85. The zero-order valence-electron chi connectivity index (χ0n) is 14.2. The van der Waals surface area contributed by atoms with Gasteiger partial charge in [-0.15, -0.1) is 0 Å². The molecule has 0 spiro atoms. The number of nitrogens with zero attached hydrogens (tertiary/aromatic N) is 3. The highest BCUT2D eigenvalue weighted by Crippen LogP contribution is 2.52. The van der Waals surface area contributed by atoms with Crippen molar-refractivity contribution in [1.82, 2.24) is 14.9 Å². The lowest BCUT2D eigenvalue weighted by molar-refractivity contribution is -0.140. The van der Waals surface area contributed by atoms with Crippen molar-refractivity contribution in [2.45, 2.75) is 26.7 Å².